The molecule has 0 unspecified atom stereocenters. The zero-order chi connectivity index (χ0) is 17.3. The van der Waals surface area contributed by atoms with Crippen molar-refractivity contribution in [1.29, 1.82) is 0 Å². The molecule has 0 aliphatic heterocycles. The van der Waals surface area contributed by atoms with Gasteiger partial charge in [-0.2, -0.15) is 39.5 Å². The van der Waals surface area contributed by atoms with Crippen molar-refractivity contribution in [2.75, 3.05) is 0 Å². The summed E-state index contributed by atoms with van der Waals surface area (Å²) in [6, 6.07) is 1.75. The first kappa shape index (κ1) is 18.1. The van der Waals surface area contributed by atoms with Crippen LogP contribution in [-0.4, -0.2) is 30.4 Å². The molecule has 1 rings (SSSR count). The van der Waals surface area contributed by atoms with Crippen molar-refractivity contribution >= 4 is 5.78 Å². The maximum atomic E-state index is 12.8. The van der Waals surface area contributed by atoms with Gasteiger partial charge in [0.05, 0.1) is 0 Å². The van der Waals surface area contributed by atoms with Crippen molar-refractivity contribution in [3.63, 3.8) is 0 Å². The van der Waals surface area contributed by atoms with Crippen LogP contribution in [0.25, 0.3) is 0 Å². The van der Waals surface area contributed by atoms with Crippen molar-refractivity contribution in [3.05, 3.63) is 29.8 Å². The van der Waals surface area contributed by atoms with Crippen LogP contribution in [-0.2, 0) is 0 Å². The fourth-order valence-electron chi connectivity index (χ4n) is 1.21. The predicted molar refractivity (Wildman–Crippen MR) is 53.4 cm³/mol. The molecule has 0 spiro atoms. The van der Waals surface area contributed by atoms with Crippen molar-refractivity contribution in [1.82, 2.24) is 0 Å². The molecule has 0 atom stereocenters. The first-order valence-corrected chi connectivity index (χ1v) is 5.23. The van der Waals surface area contributed by atoms with Gasteiger partial charge in [0, 0.05) is 5.56 Å². The second-order valence-electron chi connectivity index (χ2n) is 3.89. The zero-order valence-corrected chi connectivity index (χ0v) is 10.1. The number of hydrogen-bond acceptors (Lipinski definition) is 2. The van der Waals surface area contributed by atoms with E-state index in [0.29, 0.717) is 18.2 Å². The number of carbonyl (C=O) groups excluding carboxylic acids is 1. The lowest BCUT2D eigenvalue weighted by atomic mass is 10.0. The van der Waals surface area contributed by atoms with E-state index in [9.17, 15) is 44.3 Å². The van der Waals surface area contributed by atoms with Crippen molar-refractivity contribution in [2.24, 2.45) is 0 Å². The largest absolute Gasteiger partial charge is 0.461 e. The predicted octanol–water partition coefficient (Wildman–Crippen LogP) is 4.30. The summed E-state index contributed by atoms with van der Waals surface area (Å²) >= 11 is 0. The molecule has 1 aromatic rings. The Bertz CT molecular complexity index is 551. The molecule has 2 nitrogen and oxygen atoms in total. The minimum absolute atomic E-state index is 0.0816. The molecular formula is C11H5F9O2. The van der Waals surface area contributed by atoms with Crippen molar-refractivity contribution in [3.8, 4) is 5.75 Å². The normalized spacial score (nSPS) is 13.4. The van der Waals surface area contributed by atoms with Gasteiger partial charge in [0.25, 0.3) is 0 Å². The molecule has 0 N–H and O–H groups in total. The van der Waals surface area contributed by atoms with Gasteiger partial charge in [-0.1, -0.05) is 12.1 Å². The minimum Gasteiger partial charge on any atom is -0.428 e. The Labute approximate surface area is 116 Å². The summed E-state index contributed by atoms with van der Waals surface area (Å²) < 4.78 is 114. The molecule has 22 heavy (non-hydrogen) atoms. The summed E-state index contributed by atoms with van der Waals surface area (Å²) in [5.74, 6) is -9.67. The number of alkyl halides is 9. The van der Waals surface area contributed by atoms with E-state index in [1.165, 1.54) is 0 Å². The van der Waals surface area contributed by atoms with Crippen LogP contribution in [0.1, 0.15) is 10.4 Å². The first-order valence-electron chi connectivity index (χ1n) is 5.23. The zero-order valence-electron chi connectivity index (χ0n) is 10.1. The number of halogens is 9. The summed E-state index contributed by atoms with van der Waals surface area (Å²) in [5.41, 5.74) is -1.33. The Morgan fingerprint density at radius 1 is 1.00 bits per heavy atom. The van der Waals surface area contributed by atoms with E-state index in [1.54, 1.807) is 0 Å². The highest BCUT2D eigenvalue weighted by Gasteiger charge is 2.63. The summed E-state index contributed by atoms with van der Waals surface area (Å²) in [6.07, 6.45) is -15.5. The smallest absolute Gasteiger partial charge is 0.428 e. The van der Waals surface area contributed by atoms with Gasteiger partial charge in [0.15, 0.2) is 0 Å². The number of ketones is 1. The van der Waals surface area contributed by atoms with E-state index in [-0.39, 0.29) is 6.07 Å². The van der Waals surface area contributed by atoms with E-state index in [1.807, 2.05) is 0 Å². The average Bonchev–Trinajstić information content (AvgIpc) is 2.36. The Morgan fingerprint density at radius 3 is 2.00 bits per heavy atom. The fourth-order valence-corrected chi connectivity index (χ4v) is 1.21. The highest BCUT2D eigenvalue weighted by molar-refractivity contribution is 6.02. The number of rotatable bonds is 5. The number of ether oxygens (including phenoxy) is 1. The van der Waals surface area contributed by atoms with E-state index in [2.05, 4.69) is 4.74 Å². The summed E-state index contributed by atoms with van der Waals surface area (Å²) in [7, 11) is 0. The third-order valence-electron chi connectivity index (χ3n) is 2.25. The Balaban J connectivity index is 3.10. The minimum atomic E-state index is -6.20. The van der Waals surface area contributed by atoms with Gasteiger partial charge in [-0.05, 0) is 12.1 Å². The van der Waals surface area contributed by atoms with E-state index in [4.69, 9.17) is 0 Å². The Hall–Kier alpha value is -1.94. The molecule has 0 heterocycles. The molecule has 0 aromatic heterocycles. The standard InChI is InChI=1S/C11H5F9O2/c12-8(13)10(16,17)22-6-3-1-2-5(4-6)7(21)9(14,15)11(18,19)20/h1-4,8H. The van der Waals surface area contributed by atoms with Crippen LogP contribution in [0.15, 0.2) is 24.3 Å². The third kappa shape index (κ3) is 3.63. The van der Waals surface area contributed by atoms with Crippen LogP contribution in [0.3, 0.4) is 0 Å². The molecule has 1 aromatic carbocycles. The molecule has 0 saturated carbocycles. The molecule has 11 heteroatoms. The molecule has 0 saturated heterocycles. The van der Waals surface area contributed by atoms with Gasteiger partial charge in [-0.3, -0.25) is 4.79 Å². The van der Waals surface area contributed by atoms with Gasteiger partial charge >= 0.3 is 24.6 Å². The van der Waals surface area contributed by atoms with Gasteiger partial charge in [-0.15, -0.1) is 0 Å². The van der Waals surface area contributed by atoms with E-state index >= 15 is 0 Å². The van der Waals surface area contributed by atoms with Crippen LogP contribution < -0.4 is 4.74 Å². The first-order chi connectivity index (χ1) is 9.79. The van der Waals surface area contributed by atoms with Gasteiger partial charge in [0.1, 0.15) is 5.75 Å². The van der Waals surface area contributed by atoms with Crippen LogP contribution in [0.2, 0.25) is 0 Å². The van der Waals surface area contributed by atoms with Gasteiger partial charge in [0.2, 0.25) is 5.78 Å². The van der Waals surface area contributed by atoms with Crippen molar-refractivity contribution < 1.29 is 49.0 Å². The number of Topliss-reactive ketones (excluding diaryl/α,β-unsaturated/α-hetero) is 1. The molecule has 124 valence electrons. The quantitative estimate of drug-likeness (QED) is 0.590. The second-order valence-corrected chi connectivity index (χ2v) is 3.89. The molecule has 0 bridgehead atoms. The van der Waals surface area contributed by atoms with Crippen molar-refractivity contribution in [2.45, 2.75) is 24.6 Å². The van der Waals surface area contributed by atoms with Crippen LogP contribution >= 0.6 is 0 Å². The highest BCUT2D eigenvalue weighted by Crippen LogP contribution is 2.38. The summed E-state index contributed by atoms with van der Waals surface area (Å²) in [4.78, 5) is 11.1. The van der Waals surface area contributed by atoms with Gasteiger partial charge in [-0.25, -0.2) is 0 Å². The molecule has 0 amide bonds. The topological polar surface area (TPSA) is 26.3 Å². The number of carbonyl (C=O) groups is 1. The Kier molecular flexibility index (Phi) is 4.68. The monoisotopic (exact) mass is 340 g/mol. The molecule has 0 fully saturated rings. The lowest BCUT2D eigenvalue weighted by Gasteiger charge is -2.19. The lowest BCUT2D eigenvalue weighted by molar-refractivity contribution is -0.256. The number of hydrogen-bond donors (Lipinski definition) is 0. The maximum absolute atomic E-state index is 12.8. The van der Waals surface area contributed by atoms with Crippen LogP contribution in [0, 0.1) is 0 Å². The fraction of sp³-hybridized carbons (Fsp3) is 0.364. The molecule has 0 radical (unpaired) electrons. The van der Waals surface area contributed by atoms with Crippen LogP contribution in [0.5, 0.6) is 5.75 Å². The molecular weight excluding hydrogens is 335 g/mol. The number of benzene rings is 1. The average molecular weight is 340 g/mol. The van der Waals surface area contributed by atoms with Gasteiger partial charge < -0.3 is 4.74 Å². The van der Waals surface area contributed by atoms with E-state index < -0.39 is 41.7 Å². The Morgan fingerprint density at radius 2 is 1.55 bits per heavy atom. The SMILES string of the molecule is O=C(c1cccc(OC(F)(F)C(F)F)c1)C(F)(F)C(F)(F)F. The molecule has 0 aliphatic carbocycles. The second kappa shape index (κ2) is 5.69. The highest BCUT2D eigenvalue weighted by atomic mass is 19.4. The van der Waals surface area contributed by atoms with Crippen LogP contribution in [0.4, 0.5) is 39.5 Å². The molecule has 0 aliphatic rings. The summed E-state index contributed by atoms with van der Waals surface area (Å²) in [5, 5.41) is 0. The van der Waals surface area contributed by atoms with E-state index in [0.717, 1.165) is 0 Å². The lowest BCUT2D eigenvalue weighted by Crippen LogP contribution is -2.44. The third-order valence-corrected chi connectivity index (χ3v) is 2.25. The summed E-state index contributed by atoms with van der Waals surface area (Å²) in [6.45, 7) is 0. The maximum Gasteiger partial charge on any atom is 0.461 e.